The van der Waals surface area contributed by atoms with E-state index in [-0.39, 0.29) is 11.2 Å². The minimum atomic E-state index is -0.401. The summed E-state index contributed by atoms with van der Waals surface area (Å²) in [4.78, 5) is 12.2. The fourth-order valence-electron chi connectivity index (χ4n) is 1.67. The number of amides is 1. The molecule has 0 radical (unpaired) electrons. The maximum Gasteiger partial charge on any atom is 0.228 e. The van der Waals surface area contributed by atoms with Crippen LogP contribution in [0, 0.1) is 0 Å². The molecule has 2 rings (SSSR count). The summed E-state index contributed by atoms with van der Waals surface area (Å²) in [5.74, 6) is 0.00475. The predicted molar refractivity (Wildman–Crippen MR) is 70.2 cm³/mol. The van der Waals surface area contributed by atoms with Crippen molar-refractivity contribution in [3.05, 3.63) is 17.7 Å². The van der Waals surface area contributed by atoms with Crippen LogP contribution in [0.2, 0.25) is 0 Å². The highest BCUT2D eigenvalue weighted by molar-refractivity contribution is 8.00. The maximum absolute atomic E-state index is 11.3. The lowest BCUT2D eigenvalue weighted by molar-refractivity contribution is -0.115. The van der Waals surface area contributed by atoms with Gasteiger partial charge in [-0.05, 0) is 24.6 Å². The van der Waals surface area contributed by atoms with E-state index in [0.717, 1.165) is 16.1 Å². The molecular formula is C12H16N2O2S. The van der Waals surface area contributed by atoms with Gasteiger partial charge in [0.05, 0.1) is 12.5 Å². The smallest absolute Gasteiger partial charge is 0.228 e. The molecular weight excluding hydrogens is 236 g/mol. The van der Waals surface area contributed by atoms with E-state index in [2.05, 4.69) is 5.32 Å². The molecule has 0 spiro atoms. The van der Waals surface area contributed by atoms with Crippen molar-refractivity contribution in [3.8, 4) is 0 Å². The molecule has 0 fully saturated rings. The second-order valence-corrected chi connectivity index (χ2v) is 5.75. The van der Waals surface area contributed by atoms with E-state index in [1.165, 1.54) is 11.8 Å². The Morgan fingerprint density at radius 1 is 1.47 bits per heavy atom. The van der Waals surface area contributed by atoms with Gasteiger partial charge in [-0.25, -0.2) is 0 Å². The zero-order valence-corrected chi connectivity index (χ0v) is 10.7. The molecule has 2 unspecified atom stereocenters. The number of carbonyl (C=O) groups is 1. The highest BCUT2D eigenvalue weighted by atomic mass is 32.2. The average Bonchev–Trinajstić information content (AvgIpc) is 2.57. The van der Waals surface area contributed by atoms with Crippen molar-refractivity contribution in [1.29, 1.82) is 0 Å². The SMILES string of the molecule is CC(O)C(C)Sc1cc2c(cc1N)CC(=O)N2. The fourth-order valence-corrected chi connectivity index (χ4v) is 2.65. The van der Waals surface area contributed by atoms with E-state index in [0.29, 0.717) is 12.1 Å². The highest BCUT2D eigenvalue weighted by Crippen LogP contribution is 2.36. The summed E-state index contributed by atoms with van der Waals surface area (Å²) in [6.07, 6.45) is -0.00146. The molecule has 1 aliphatic rings. The third-order valence-electron chi connectivity index (χ3n) is 2.85. The summed E-state index contributed by atoms with van der Waals surface area (Å²) in [5, 5.41) is 12.3. The molecule has 0 aliphatic carbocycles. The molecule has 1 amide bonds. The Hall–Kier alpha value is -1.20. The van der Waals surface area contributed by atoms with Crippen LogP contribution >= 0.6 is 11.8 Å². The topological polar surface area (TPSA) is 75.3 Å². The van der Waals surface area contributed by atoms with E-state index in [4.69, 9.17) is 5.73 Å². The molecule has 0 saturated carbocycles. The first-order chi connectivity index (χ1) is 7.97. The second-order valence-electron chi connectivity index (χ2n) is 4.34. The molecule has 1 aliphatic heterocycles. The van der Waals surface area contributed by atoms with Gasteiger partial charge < -0.3 is 16.2 Å². The van der Waals surface area contributed by atoms with Crippen molar-refractivity contribution in [2.24, 2.45) is 0 Å². The Kier molecular flexibility index (Phi) is 3.31. The van der Waals surface area contributed by atoms with Gasteiger partial charge in [0.1, 0.15) is 0 Å². The van der Waals surface area contributed by atoms with Crippen LogP contribution in [0.1, 0.15) is 19.4 Å². The Bertz CT molecular complexity index is 460. The Morgan fingerprint density at radius 2 is 2.18 bits per heavy atom. The second kappa shape index (κ2) is 4.58. The van der Waals surface area contributed by atoms with Crippen LogP contribution in [0.3, 0.4) is 0 Å². The van der Waals surface area contributed by atoms with E-state index in [9.17, 15) is 9.90 Å². The zero-order chi connectivity index (χ0) is 12.6. The summed E-state index contributed by atoms with van der Waals surface area (Å²) in [5.41, 5.74) is 8.39. The Balaban J connectivity index is 2.25. The van der Waals surface area contributed by atoms with Gasteiger partial charge in [0, 0.05) is 21.5 Å². The van der Waals surface area contributed by atoms with Crippen LogP contribution in [0.25, 0.3) is 0 Å². The van der Waals surface area contributed by atoms with Gasteiger partial charge in [0.25, 0.3) is 0 Å². The molecule has 4 N–H and O–H groups in total. The standard InChI is InChI=1S/C12H16N2O2S/c1-6(15)7(2)17-11-5-10-8(3-9(11)13)4-12(16)14-10/h3,5-7,15H,4,13H2,1-2H3,(H,14,16). The number of carbonyl (C=O) groups excluding carboxylic acids is 1. The normalized spacial score (nSPS) is 17.5. The first-order valence-corrected chi connectivity index (χ1v) is 6.42. The molecule has 1 heterocycles. The maximum atomic E-state index is 11.3. The molecule has 0 saturated heterocycles. The number of nitrogen functional groups attached to an aromatic ring is 1. The van der Waals surface area contributed by atoms with Crippen LogP contribution in [-0.2, 0) is 11.2 Å². The number of aliphatic hydroxyl groups excluding tert-OH is 1. The van der Waals surface area contributed by atoms with Crippen LogP contribution in [0.4, 0.5) is 11.4 Å². The first kappa shape index (κ1) is 12.3. The van der Waals surface area contributed by atoms with Crippen molar-refractivity contribution in [1.82, 2.24) is 0 Å². The third kappa shape index (κ3) is 2.56. The van der Waals surface area contributed by atoms with Gasteiger partial charge >= 0.3 is 0 Å². The predicted octanol–water partition coefficient (Wildman–Crippen LogP) is 1.62. The number of aliphatic hydroxyl groups is 1. The largest absolute Gasteiger partial charge is 0.398 e. The number of anilines is 2. The van der Waals surface area contributed by atoms with E-state index < -0.39 is 6.10 Å². The first-order valence-electron chi connectivity index (χ1n) is 5.54. The number of nitrogens with two attached hydrogens (primary N) is 1. The summed E-state index contributed by atoms with van der Waals surface area (Å²) < 4.78 is 0. The minimum Gasteiger partial charge on any atom is -0.398 e. The summed E-state index contributed by atoms with van der Waals surface area (Å²) in [7, 11) is 0. The number of hydrogen-bond acceptors (Lipinski definition) is 4. The summed E-state index contributed by atoms with van der Waals surface area (Å²) in [6, 6.07) is 3.73. The van der Waals surface area contributed by atoms with Gasteiger partial charge in [-0.15, -0.1) is 11.8 Å². The monoisotopic (exact) mass is 252 g/mol. The Morgan fingerprint density at radius 3 is 2.82 bits per heavy atom. The van der Waals surface area contributed by atoms with E-state index in [1.54, 1.807) is 6.92 Å². The molecule has 5 heteroatoms. The van der Waals surface area contributed by atoms with Gasteiger partial charge in [0.15, 0.2) is 0 Å². The van der Waals surface area contributed by atoms with Crippen molar-refractivity contribution in [2.45, 2.75) is 36.5 Å². The molecule has 0 bridgehead atoms. The molecule has 1 aromatic carbocycles. The van der Waals surface area contributed by atoms with Crippen LogP contribution in [0.15, 0.2) is 17.0 Å². The molecule has 2 atom stereocenters. The Labute approximate surface area is 105 Å². The van der Waals surface area contributed by atoms with Crippen LogP contribution in [0.5, 0.6) is 0 Å². The highest BCUT2D eigenvalue weighted by Gasteiger charge is 2.20. The lowest BCUT2D eigenvalue weighted by Crippen LogP contribution is -2.15. The number of thioether (sulfide) groups is 1. The lowest BCUT2D eigenvalue weighted by Gasteiger charge is -2.16. The van der Waals surface area contributed by atoms with Gasteiger partial charge in [0.2, 0.25) is 5.91 Å². The van der Waals surface area contributed by atoms with Crippen LogP contribution < -0.4 is 11.1 Å². The van der Waals surface area contributed by atoms with E-state index in [1.807, 2.05) is 19.1 Å². The number of fused-ring (bicyclic) bond motifs is 1. The molecule has 4 nitrogen and oxygen atoms in total. The molecule has 1 aromatic rings. The quantitative estimate of drug-likeness (QED) is 0.564. The van der Waals surface area contributed by atoms with Crippen molar-refractivity contribution < 1.29 is 9.90 Å². The zero-order valence-electron chi connectivity index (χ0n) is 9.86. The molecule has 92 valence electrons. The van der Waals surface area contributed by atoms with E-state index >= 15 is 0 Å². The van der Waals surface area contributed by atoms with Crippen molar-refractivity contribution in [3.63, 3.8) is 0 Å². The summed E-state index contributed by atoms with van der Waals surface area (Å²) >= 11 is 1.52. The average molecular weight is 252 g/mol. The lowest BCUT2D eigenvalue weighted by atomic mass is 10.1. The van der Waals surface area contributed by atoms with Crippen molar-refractivity contribution in [2.75, 3.05) is 11.1 Å². The number of hydrogen-bond donors (Lipinski definition) is 3. The number of rotatable bonds is 3. The van der Waals surface area contributed by atoms with Gasteiger partial charge in [-0.3, -0.25) is 4.79 Å². The third-order valence-corrected chi connectivity index (χ3v) is 4.23. The van der Waals surface area contributed by atoms with Crippen LogP contribution in [-0.4, -0.2) is 22.4 Å². The number of benzene rings is 1. The van der Waals surface area contributed by atoms with Crippen molar-refractivity contribution >= 4 is 29.0 Å². The fraction of sp³-hybridized carbons (Fsp3) is 0.417. The minimum absolute atomic E-state index is 0.00475. The van der Waals surface area contributed by atoms with Gasteiger partial charge in [-0.2, -0.15) is 0 Å². The summed E-state index contributed by atoms with van der Waals surface area (Å²) in [6.45, 7) is 3.70. The van der Waals surface area contributed by atoms with Gasteiger partial charge in [-0.1, -0.05) is 6.92 Å². The molecule has 17 heavy (non-hydrogen) atoms. The molecule has 0 aromatic heterocycles. The number of nitrogens with one attached hydrogen (secondary N) is 1.